The molecule has 0 atom stereocenters. The van der Waals surface area contributed by atoms with Gasteiger partial charge >= 0.3 is 0 Å². The molecule has 1 aliphatic rings. The fourth-order valence-electron chi connectivity index (χ4n) is 2.72. The van der Waals surface area contributed by atoms with Gasteiger partial charge in [0, 0.05) is 24.2 Å². The highest BCUT2D eigenvalue weighted by atomic mass is 35.5. The molecule has 3 rings (SSSR count). The minimum atomic E-state index is -0.648. The third-order valence-corrected chi connectivity index (χ3v) is 4.26. The van der Waals surface area contributed by atoms with Gasteiger partial charge in [0.2, 0.25) is 0 Å². The van der Waals surface area contributed by atoms with Gasteiger partial charge in [0.25, 0.3) is 11.8 Å². The molecular formula is C17H16ClFN2O3. The molecule has 1 fully saturated rings. The summed E-state index contributed by atoms with van der Waals surface area (Å²) in [6.45, 7) is 1.02. The summed E-state index contributed by atoms with van der Waals surface area (Å²) in [7, 11) is 0. The van der Waals surface area contributed by atoms with E-state index in [0.29, 0.717) is 31.7 Å². The highest BCUT2D eigenvalue weighted by Crippen LogP contribution is 2.17. The van der Waals surface area contributed by atoms with Crippen LogP contribution in [0.3, 0.4) is 0 Å². The Morgan fingerprint density at radius 2 is 2.00 bits per heavy atom. The molecule has 7 heteroatoms. The summed E-state index contributed by atoms with van der Waals surface area (Å²) in [5.41, 5.74) is -0.0338. The number of likely N-dealkylation sites (tertiary alicyclic amines) is 1. The number of hydrogen-bond donors (Lipinski definition) is 1. The van der Waals surface area contributed by atoms with Crippen molar-refractivity contribution in [1.82, 2.24) is 10.2 Å². The number of nitrogens with one attached hydrogen (secondary N) is 1. The molecular weight excluding hydrogens is 335 g/mol. The predicted molar refractivity (Wildman–Crippen MR) is 86.5 cm³/mol. The second-order valence-electron chi connectivity index (χ2n) is 5.64. The zero-order chi connectivity index (χ0) is 17.1. The average molecular weight is 351 g/mol. The molecule has 2 heterocycles. The summed E-state index contributed by atoms with van der Waals surface area (Å²) in [5, 5.41) is 3.05. The van der Waals surface area contributed by atoms with Crippen molar-refractivity contribution in [2.24, 2.45) is 0 Å². The molecule has 0 radical (unpaired) electrons. The molecule has 1 aromatic heterocycles. The summed E-state index contributed by atoms with van der Waals surface area (Å²) in [6, 6.07) is 7.14. The smallest absolute Gasteiger partial charge is 0.289 e. The van der Waals surface area contributed by atoms with Gasteiger partial charge < -0.3 is 14.6 Å². The molecule has 2 aromatic rings. The number of halogens is 2. The normalized spacial score (nSPS) is 15.3. The quantitative estimate of drug-likeness (QED) is 0.925. The first kappa shape index (κ1) is 16.5. The van der Waals surface area contributed by atoms with Crippen molar-refractivity contribution in [3.05, 3.63) is 58.8 Å². The van der Waals surface area contributed by atoms with E-state index in [1.807, 2.05) is 0 Å². The molecule has 24 heavy (non-hydrogen) atoms. The van der Waals surface area contributed by atoms with Gasteiger partial charge in [0.15, 0.2) is 5.76 Å². The average Bonchev–Trinajstić information content (AvgIpc) is 3.09. The van der Waals surface area contributed by atoms with Gasteiger partial charge in [-0.3, -0.25) is 9.59 Å². The fraction of sp³-hybridized carbons (Fsp3) is 0.294. The van der Waals surface area contributed by atoms with Crippen LogP contribution in [0.4, 0.5) is 4.39 Å². The Morgan fingerprint density at radius 1 is 1.25 bits per heavy atom. The van der Waals surface area contributed by atoms with Crippen molar-refractivity contribution in [2.45, 2.75) is 18.9 Å². The molecule has 0 bridgehead atoms. The number of carbonyl (C=O) groups excluding carboxylic acids is 2. The van der Waals surface area contributed by atoms with Crippen LogP contribution in [0.5, 0.6) is 0 Å². The summed E-state index contributed by atoms with van der Waals surface area (Å²) < 4.78 is 18.9. The van der Waals surface area contributed by atoms with E-state index in [0.717, 1.165) is 6.07 Å². The molecule has 0 spiro atoms. The molecule has 0 saturated carbocycles. The van der Waals surface area contributed by atoms with Crippen molar-refractivity contribution in [3.63, 3.8) is 0 Å². The van der Waals surface area contributed by atoms with Crippen LogP contribution < -0.4 is 5.32 Å². The summed E-state index contributed by atoms with van der Waals surface area (Å²) in [6.07, 6.45) is 2.67. The molecule has 0 aliphatic carbocycles. The van der Waals surface area contributed by atoms with Crippen LogP contribution in [0.1, 0.15) is 33.8 Å². The lowest BCUT2D eigenvalue weighted by atomic mass is 10.0. The van der Waals surface area contributed by atoms with Crippen molar-refractivity contribution < 1.29 is 18.4 Å². The van der Waals surface area contributed by atoms with Crippen LogP contribution in [0.15, 0.2) is 41.0 Å². The molecule has 1 aliphatic heterocycles. The summed E-state index contributed by atoms with van der Waals surface area (Å²) >= 11 is 5.68. The second kappa shape index (κ2) is 7.05. The van der Waals surface area contributed by atoms with E-state index in [2.05, 4.69) is 5.32 Å². The van der Waals surface area contributed by atoms with E-state index in [-0.39, 0.29) is 22.5 Å². The Morgan fingerprint density at radius 3 is 2.62 bits per heavy atom. The van der Waals surface area contributed by atoms with Crippen molar-refractivity contribution in [3.8, 4) is 0 Å². The third-order valence-electron chi connectivity index (χ3n) is 4.03. The lowest BCUT2D eigenvalue weighted by Crippen LogP contribution is -2.46. The zero-order valence-electron chi connectivity index (χ0n) is 12.8. The standard InChI is InChI=1S/C17H16ClFN2O3/c18-11-3-4-13(14(19)10-11)16(22)20-12-5-7-21(8-6-12)17(23)15-2-1-9-24-15/h1-4,9-10,12H,5-8H2,(H,20,22). The van der Waals surface area contributed by atoms with E-state index in [1.165, 1.54) is 18.4 Å². The van der Waals surface area contributed by atoms with Crippen molar-refractivity contribution in [2.75, 3.05) is 13.1 Å². The number of piperidine rings is 1. The van der Waals surface area contributed by atoms with Gasteiger partial charge in [-0.05, 0) is 43.2 Å². The topological polar surface area (TPSA) is 62.6 Å². The van der Waals surface area contributed by atoms with Gasteiger partial charge in [0.05, 0.1) is 11.8 Å². The molecule has 126 valence electrons. The van der Waals surface area contributed by atoms with Crippen LogP contribution in [0, 0.1) is 5.82 Å². The number of hydrogen-bond acceptors (Lipinski definition) is 3. The van der Waals surface area contributed by atoms with Crippen molar-refractivity contribution in [1.29, 1.82) is 0 Å². The van der Waals surface area contributed by atoms with E-state index in [1.54, 1.807) is 17.0 Å². The zero-order valence-corrected chi connectivity index (χ0v) is 13.6. The first-order valence-electron chi connectivity index (χ1n) is 7.63. The summed E-state index contributed by atoms with van der Waals surface area (Å²) in [5.74, 6) is -0.973. The SMILES string of the molecule is O=C(NC1CCN(C(=O)c2ccco2)CC1)c1ccc(Cl)cc1F. The van der Waals surface area contributed by atoms with E-state index in [4.69, 9.17) is 16.0 Å². The Hall–Kier alpha value is -2.34. The first-order chi connectivity index (χ1) is 11.5. The molecule has 0 unspecified atom stereocenters. The lowest BCUT2D eigenvalue weighted by molar-refractivity contribution is 0.0667. The van der Waals surface area contributed by atoms with Gasteiger partial charge in [-0.1, -0.05) is 11.6 Å². The largest absolute Gasteiger partial charge is 0.459 e. The van der Waals surface area contributed by atoms with Crippen LogP contribution >= 0.6 is 11.6 Å². The summed E-state index contributed by atoms with van der Waals surface area (Å²) in [4.78, 5) is 26.0. The van der Waals surface area contributed by atoms with Crippen LogP contribution in [-0.2, 0) is 0 Å². The van der Waals surface area contributed by atoms with Crippen LogP contribution in [-0.4, -0.2) is 35.8 Å². The van der Waals surface area contributed by atoms with Gasteiger partial charge in [-0.2, -0.15) is 0 Å². The highest BCUT2D eigenvalue weighted by Gasteiger charge is 2.26. The third kappa shape index (κ3) is 3.59. The number of rotatable bonds is 3. The van der Waals surface area contributed by atoms with Gasteiger partial charge in [-0.25, -0.2) is 4.39 Å². The second-order valence-corrected chi connectivity index (χ2v) is 6.08. The monoisotopic (exact) mass is 350 g/mol. The Balaban J connectivity index is 1.55. The molecule has 5 nitrogen and oxygen atoms in total. The molecule has 1 N–H and O–H groups in total. The molecule has 2 amide bonds. The number of carbonyl (C=O) groups is 2. The molecule has 1 aromatic carbocycles. The van der Waals surface area contributed by atoms with Crippen LogP contribution in [0.25, 0.3) is 0 Å². The highest BCUT2D eigenvalue weighted by molar-refractivity contribution is 6.30. The van der Waals surface area contributed by atoms with E-state index in [9.17, 15) is 14.0 Å². The van der Waals surface area contributed by atoms with E-state index < -0.39 is 11.7 Å². The maximum absolute atomic E-state index is 13.8. The maximum atomic E-state index is 13.8. The van der Waals surface area contributed by atoms with Gasteiger partial charge in [0.1, 0.15) is 5.82 Å². The number of nitrogens with zero attached hydrogens (tertiary/aromatic N) is 1. The van der Waals surface area contributed by atoms with Crippen LogP contribution in [0.2, 0.25) is 5.02 Å². The number of furan rings is 1. The maximum Gasteiger partial charge on any atom is 0.289 e. The first-order valence-corrected chi connectivity index (χ1v) is 8.01. The molecule has 1 saturated heterocycles. The Kier molecular flexibility index (Phi) is 4.85. The van der Waals surface area contributed by atoms with Crippen molar-refractivity contribution >= 4 is 23.4 Å². The van der Waals surface area contributed by atoms with Gasteiger partial charge in [-0.15, -0.1) is 0 Å². The minimum Gasteiger partial charge on any atom is -0.459 e. The number of benzene rings is 1. The Labute approximate surface area is 143 Å². The van der Waals surface area contributed by atoms with E-state index >= 15 is 0 Å². The Bertz CT molecular complexity index is 740. The lowest BCUT2D eigenvalue weighted by Gasteiger charge is -2.31. The number of amides is 2. The fourth-order valence-corrected chi connectivity index (χ4v) is 2.88. The predicted octanol–water partition coefficient (Wildman–Crippen LogP) is 3.11. The minimum absolute atomic E-state index is 0.0338.